The van der Waals surface area contributed by atoms with Crippen LogP contribution in [0, 0.1) is 23.1 Å². The van der Waals surface area contributed by atoms with Crippen LogP contribution in [0.15, 0.2) is 23.0 Å². The molecule has 1 saturated heterocycles. The van der Waals surface area contributed by atoms with Gasteiger partial charge in [-0.1, -0.05) is 6.92 Å². The van der Waals surface area contributed by atoms with Crippen molar-refractivity contribution in [2.45, 2.75) is 39.2 Å². The van der Waals surface area contributed by atoms with Gasteiger partial charge in [-0.3, -0.25) is 9.69 Å². The minimum atomic E-state index is -0.363. The van der Waals surface area contributed by atoms with Gasteiger partial charge in [-0.15, -0.1) is 11.3 Å². The summed E-state index contributed by atoms with van der Waals surface area (Å²) in [5.74, 6) is 0.996. The molecule has 1 N–H and O–H groups in total. The Morgan fingerprint density at radius 2 is 2.09 bits per heavy atom. The summed E-state index contributed by atoms with van der Waals surface area (Å²) in [4.78, 5) is 27.3. The first-order chi connectivity index (χ1) is 15.4. The topological polar surface area (TPSA) is 76.0 Å². The van der Waals surface area contributed by atoms with Crippen LogP contribution in [-0.4, -0.2) is 41.0 Å². The molecule has 5 rings (SSSR count). The fourth-order valence-corrected chi connectivity index (χ4v) is 6.31. The minimum Gasteiger partial charge on any atom is -0.367 e. The number of nitrogens with zero attached hydrogens (tertiary/aromatic N) is 4. The van der Waals surface area contributed by atoms with Crippen molar-refractivity contribution < 1.29 is 4.39 Å². The Morgan fingerprint density at radius 1 is 1.31 bits per heavy atom. The van der Waals surface area contributed by atoms with Crippen molar-refractivity contribution in [3.63, 3.8) is 0 Å². The maximum absolute atomic E-state index is 14.4. The Hall–Kier alpha value is -2.76. The number of fused-ring (bicyclic) bond motifs is 3. The number of benzene rings is 1. The van der Waals surface area contributed by atoms with Crippen LogP contribution in [0.2, 0.25) is 0 Å². The third-order valence-corrected chi connectivity index (χ3v) is 8.01. The van der Waals surface area contributed by atoms with Crippen LogP contribution in [0.5, 0.6) is 0 Å². The van der Waals surface area contributed by atoms with Gasteiger partial charge in [0, 0.05) is 31.1 Å². The number of nitriles is 1. The second kappa shape index (κ2) is 8.30. The van der Waals surface area contributed by atoms with Crippen LogP contribution in [0.25, 0.3) is 10.2 Å². The monoisotopic (exact) mass is 451 g/mol. The molecule has 0 saturated carbocycles. The van der Waals surface area contributed by atoms with Crippen molar-refractivity contribution in [2.24, 2.45) is 5.92 Å². The zero-order valence-electron chi connectivity index (χ0n) is 18.3. The number of piperazine rings is 1. The van der Waals surface area contributed by atoms with E-state index in [2.05, 4.69) is 23.7 Å². The highest BCUT2D eigenvalue weighted by molar-refractivity contribution is 7.18. The second-order valence-corrected chi connectivity index (χ2v) is 10.0. The predicted molar refractivity (Wildman–Crippen MR) is 125 cm³/mol. The van der Waals surface area contributed by atoms with Crippen molar-refractivity contribution in [2.75, 3.05) is 31.1 Å². The van der Waals surface area contributed by atoms with Gasteiger partial charge >= 0.3 is 0 Å². The van der Waals surface area contributed by atoms with E-state index >= 15 is 0 Å². The molecule has 1 aliphatic carbocycles. The fraction of sp³-hybridized carbons (Fsp3) is 0.458. The maximum atomic E-state index is 14.4. The molecule has 0 radical (unpaired) electrons. The number of aromatic amines is 1. The molecule has 2 aromatic heterocycles. The van der Waals surface area contributed by atoms with Gasteiger partial charge in [-0.05, 0) is 55.9 Å². The van der Waals surface area contributed by atoms with E-state index in [1.165, 1.54) is 16.5 Å². The van der Waals surface area contributed by atoms with E-state index in [0.717, 1.165) is 42.6 Å². The predicted octanol–water partition coefficient (Wildman–Crippen LogP) is 4.00. The van der Waals surface area contributed by atoms with Crippen molar-refractivity contribution in [1.29, 1.82) is 5.26 Å². The van der Waals surface area contributed by atoms with E-state index in [1.807, 2.05) is 11.0 Å². The summed E-state index contributed by atoms with van der Waals surface area (Å²) >= 11 is 1.68. The molecule has 2 atom stereocenters. The number of aromatic nitrogens is 2. The van der Waals surface area contributed by atoms with Gasteiger partial charge in [0.15, 0.2) is 0 Å². The van der Waals surface area contributed by atoms with Gasteiger partial charge < -0.3 is 9.88 Å². The number of halogens is 1. The van der Waals surface area contributed by atoms with Crippen molar-refractivity contribution in [1.82, 2.24) is 14.9 Å². The largest absolute Gasteiger partial charge is 0.367 e. The number of aryl methyl sites for hydroxylation is 1. The van der Waals surface area contributed by atoms with Gasteiger partial charge in [-0.25, -0.2) is 9.37 Å². The highest BCUT2D eigenvalue weighted by Gasteiger charge is 2.27. The molecular formula is C24H26FN5OS. The molecule has 1 aromatic carbocycles. The third-order valence-electron chi connectivity index (χ3n) is 6.86. The number of anilines is 1. The molecule has 8 heteroatoms. The Balaban J connectivity index is 1.34. The molecule has 3 heterocycles. The van der Waals surface area contributed by atoms with Gasteiger partial charge in [0.1, 0.15) is 16.5 Å². The lowest BCUT2D eigenvalue weighted by molar-refractivity contribution is 0.191. The van der Waals surface area contributed by atoms with Crippen molar-refractivity contribution >= 4 is 27.2 Å². The van der Waals surface area contributed by atoms with E-state index in [1.54, 1.807) is 23.5 Å². The molecule has 6 nitrogen and oxygen atoms in total. The molecule has 3 aromatic rings. The summed E-state index contributed by atoms with van der Waals surface area (Å²) in [5.41, 5.74) is 2.03. The maximum Gasteiger partial charge on any atom is 0.259 e. The average Bonchev–Trinajstić information content (AvgIpc) is 3.16. The van der Waals surface area contributed by atoms with E-state index in [-0.39, 0.29) is 17.4 Å². The molecule has 1 aliphatic heterocycles. The second-order valence-electron chi connectivity index (χ2n) is 8.96. The lowest BCUT2D eigenvalue weighted by atomic mass is 9.89. The van der Waals surface area contributed by atoms with Gasteiger partial charge in [-0.2, -0.15) is 5.26 Å². The lowest BCUT2D eigenvalue weighted by Crippen LogP contribution is -2.47. The molecule has 2 aliphatic rings. The third kappa shape index (κ3) is 3.70. The van der Waals surface area contributed by atoms with Gasteiger partial charge in [0.25, 0.3) is 5.56 Å². The van der Waals surface area contributed by atoms with E-state index in [4.69, 9.17) is 10.2 Å². The molecule has 1 fully saturated rings. The average molecular weight is 452 g/mol. The van der Waals surface area contributed by atoms with Crippen LogP contribution in [0.1, 0.15) is 48.1 Å². The highest BCUT2D eigenvalue weighted by Crippen LogP contribution is 2.36. The summed E-state index contributed by atoms with van der Waals surface area (Å²) in [7, 11) is 0. The number of thiophene rings is 1. The summed E-state index contributed by atoms with van der Waals surface area (Å²) < 4.78 is 14.4. The Kier molecular flexibility index (Phi) is 5.48. The zero-order valence-corrected chi connectivity index (χ0v) is 19.1. The number of hydrogen-bond donors (Lipinski definition) is 1. The lowest BCUT2D eigenvalue weighted by Gasteiger charge is -2.38. The minimum absolute atomic E-state index is 0.0257. The number of H-pyrrole nitrogens is 1. The van der Waals surface area contributed by atoms with E-state index in [0.29, 0.717) is 36.1 Å². The first-order valence-corrected chi connectivity index (χ1v) is 12.0. The Bertz CT molecular complexity index is 1270. The Morgan fingerprint density at radius 3 is 2.81 bits per heavy atom. The van der Waals surface area contributed by atoms with Crippen LogP contribution >= 0.6 is 11.3 Å². The molecular weight excluding hydrogens is 425 g/mol. The highest BCUT2D eigenvalue weighted by atomic mass is 32.1. The number of nitrogens with one attached hydrogen (secondary N) is 1. The summed E-state index contributed by atoms with van der Waals surface area (Å²) in [6, 6.07) is 6.56. The first-order valence-electron chi connectivity index (χ1n) is 11.2. The van der Waals surface area contributed by atoms with Crippen LogP contribution in [0.3, 0.4) is 0 Å². The molecule has 0 spiro atoms. The van der Waals surface area contributed by atoms with Crippen LogP contribution in [-0.2, 0) is 12.8 Å². The summed E-state index contributed by atoms with van der Waals surface area (Å²) in [6.07, 6.45) is 3.12. The van der Waals surface area contributed by atoms with Gasteiger partial charge in [0.05, 0.1) is 28.7 Å². The first kappa shape index (κ1) is 21.1. The SMILES string of the molecule is CC1CCc2c(sc3nc(C(C)N4CCN(c5ccc(C#N)cc5F)CC4)[nH]c(=O)c23)C1. The molecule has 0 bridgehead atoms. The van der Waals surface area contributed by atoms with Crippen LogP contribution in [0.4, 0.5) is 10.1 Å². The number of rotatable bonds is 3. The van der Waals surface area contributed by atoms with Crippen molar-refractivity contribution in [3.8, 4) is 6.07 Å². The number of hydrogen-bond acceptors (Lipinski definition) is 6. The molecule has 2 unspecified atom stereocenters. The Labute approximate surface area is 190 Å². The summed E-state index contributed by atoms with van der Waals surface area (Å²) in [6.45, 7) is 7.15. The van der Waals surface area contributed by atoms with E-state index in [9.17, 15) is 9.18 Å². The zero-order chi connectivity index (χ0) is 22.4. The fourth-order valence-electron chi connectivity index (χ4n) is 4.92. The van der Waals surface area contributed by atoms with Crippen molar-refractivity contribution in [3.05, 3.63) is 56.2 Å². The smallest absolute Gasteiger partial charge is 0.259 e. The van der Waals surface area contributed by atoms with Crippen LogP contribution < -0.4 is 10.5 Å². The quantitative estimate of drug-likeness (QED) is 0.651. The standard InChI is InChI=1S/C24H26FN5OS/c1-14-3-5-17-20(11-14)32-24-21(17)23(31)27-22(28-24)15(2)29-7-9-30(10-8-29)19-6-4-16(13-26)12-18(19)25/h4,6,12,14-15H,3,5,7-11H2,1-2H3,(H,27,28,31). The molecule has 166 valence electrons. The molecule has 32 heavy (non-hydrogen) atoms. The van der Waals surface area contributed by atoms with E-state index < -0.39 is 0 Å². The summed E-state index contributed by atoms with van der Waals surface area (Å²) in [5, 5.41) is 9.73. The van der Waals surface area contributed by atoms with Gasteiger partial charge in [0.2, 0.25) is 0 Å². The normalized spacial score (nSPS) is 20.2. The molecule has 0 amide bonds.